The first-order valence-electron chi connectivity index (χ1n) is 6.44. The second-order valence-corrected chi connectivity index (χ2v) is 4.54. The maximum absolute atomic E-state index is 13.8. The van der Waals surface area contributed by atoms with Crippen LogP contribution in [0, 0.1) is 11.6 Å². The fourth-order valence-electron chi connectivity index (χ4n) is 1.82. The van der Waals surface area contributed by atoms with Gasteiger partial charge in [0.15, 0.2) is 23.3 Å². The summed E-state index contributed by atoms with van der Waals surface area (Å²) in [6.07, 6.45) is 3.96. The number of rotatable bonds is 6. The molecule has 4 nitrogen and oxygen atoms in total. The van der Waals surface area contributed by atoms with Crippen molar-refractivity contribution in [3.63, 3.8) is 0 Å². The highest BCUT2D eigenvalue weighted by Gasteiger charge is 2.15. The number of halogens is 2. The summed E-state index contributed by atoms with van der Waals surface area (Å²) in [5.41, 5.74) is 0.890. The highest BCUT2D eigenvalue weighted by Crippen LogP contribution is 2.22. The fourth-order valence-corrected chi connectivity index (χ4v) is 1.82. The lowest BCUT2D eigenvalue weighted by molar-refractivity contribution is 0.561. The van der Waals surface area contributed by atoms with Gasteiger partial charge in [-0.15, -0.1) is 0 Å². The summed E-state index contributed by atoms with van der Waals surface area (Å²) in [5, 5.41) is 2.85. The molecule has 1 N–H and O–H groups in total. The fraction of sp³-hybridized carbons (Fsp3) is 0.357. The van der Waals surface area contributed by atoms with Crippen molar-refractivity contribution in [3.8, 4) is 0 Å². The van der Waals surface area contributed by atoms with E-state index in [2.05, 4.69) is 10.3 Å². The normalized spacial score (nSPS) is 10.6. The molecule has 0 aliphatic rings. The average molecular weight is 281 g/mol. The quantitative estimate of drug-likeness (QED) is 0.881. The van der Waals surface area contributed by atoms with Crippen LogP contribution < -0.4 is 10.2 Å². The lowest BCUT2D eigenvalue weighted by Gasteiger charge is -2.19. The minimum Gasteiger partial charge on any atom is -0.472 e. The summed E-state index contributed by atoms with van der Waals surface area (Å²) in [5.74, 6) is -1.19. The number of nitrogens with one attached hydrogen (secondary N) is 1. The third-order valence-corrected chi connectivity index (χ3v) is 2.81. The van der Waals surface area contributed by atoms with Crippen molar-refractivity contribution < 1.29 is 13.2 Å². The molecular weight excluding hydrogens is 264 g/mol. The molecule has 6 heteroatoms. The molecule has 0 saturated carbocycles. The third-order valence-electron chi connectivity index (χ3n) is 2.81. The molecule has 0 unspecified atom stereocenters. The third kappa shape index (κ3) is 3.26. The van der Waals surface area contributed by atoms with Crippen LogP contribution in [-0.2, 0) is 6.54 Å². The van der Waals surface area contributed by atoms with Gasteiger partial charge in [0.25, 0.3) is 0 Å². The Kier molecular flexibility index (Phi) is 4.55. The van der Waals surface area contributed by atoms with E-state index in [4.69, 9.17) is 4.42 Å². The van der Waals surface area contributed by atoms with Crippen molar-refractivity contribution >= 4 is 11.6 Å². The Labute approximate surface area is 116 Å². The number of hydrogen-bond donors (Lipinski definition) is 1. The molecule has 0 aliphatic carbocycles. The van der Waals surface area contributed by atoms with Crippen molar-refractivity contribution in [3.05, 3.63) is 41.9 Å². The van der Waals surface area contributed by atoms with Crippen molar-refractivity contribution in [1.82, 2.24) is 4.98 Å². The summed E-state index contributed by atoms with van der Waals surface area (Å²) < 4.78 is 32.4. The van der Waals surface area contributed by atoms with Gasteiger partial charge in [-0.3, -0.25) is 0 Å². The summed E-state index contributed by atoms with van der Waals surface area (Å²) >= 11 is 0. The number of nitrogens with zero attached hydrogens (tertiary/aromatic N) is 2. The van der Waals surface area contributed by atoms with Gasteiger partial charge in [0, 0.05) is 31.8 Å². The molecule has 0 aromatic carbocycles. The van der Waals surface area contributed by atoms with Crippen LogP contribution in [0.1, 0.15) is 18.9 Å². The Morgan fingerprint density at radius 3 is 2.80 bits per heavy atom. The predicted octanol–water partition coefficient (Wildman–Crippen LogP) is 3.41. The molecule has 2 heterocycles. The minimum absolute atomic E-state index is 0.0716. The highest BCUT2D eigenvalue weighted by atomic mass is 19.1. The molecule has 2 rings (SSSR count). The summed E-state index contributed by atoms with van der Waals surface area (Å²) in [4.78, 5) is 5.63. The van der Waals surface area contributed by atoms with Crippen LogP contribution in [0.5, 0.6) is 0 Å². The molecule has 0 amide bonds. The molecule has 0 fully saturated rings. The van der Waals surface area contributed by atoms with Crippen LogP contribution in [0.4, 0.5) is 20.4 Å². The van der Waals surface area contributed by atoms with E-state index in [-0.39, 0.29) is 11.6 Å². The lowest BCUT2D eigenvalue weighted by Crippen LogP contribution is -2.20. The Morgan fingerprint density at radius 2 is 2.15 bits per heavy atom. The zero-order valence-electron chi connectivity index (χ0n) is 11.5. The smallest absolute Gasteiger partial charge is 0.168 e. The van der Waals surface area contributed by atoms with Crippen LogP contribution in [0.15, 0.2) is 29.1 Å². The van der Waals surface area contributed by atoms with Gasteiger partial charge < -0.3 is 14.6 Å². The Bertz CT molecular complexity index is 558. The lowest BCUT2D eigenvalue weighted by atomic mass is 10.3. The van der Waals surface area contributed by atoms with Gasteiger partial charge in [-0.25, -0.2) is 13.8 Å². The van der Waals surface area contributed by atoms with E-state index in [0.717, 1.165) is 18.1 Å². The maximum Gasteiger partial charge on any atom is 0.168 e. The Morgan fingerprint density at radius 1 is 1.35 bits per heavy atom. The van der Waals surface area contributed by atoms with E-state index in [0.29, 0.717) is 13.1 Å². The minimum atomic E-state index is -0.685. The van der Waals surface area contributed by atoms with Crippen LogP contribution >= 0.6 is 0 Å². The predicted molar refractivity (Wildman–Crippen MR) is 73.7 cm³/mol. The van der Waals surface area contributed by atoms with Crippen LogP contribution in [0.3, 0.4) is 0 Å². The standard InChI is InChI=1S/C14H17F2N3O/c1-3-5-17-13-11(15)7-12(16)14(18-13)19(2)8-10-4-6-20-9-10/h4,6-7,9H,3,5,8H2,1-2H3,(H,17,18). The number of furan rings is 1. The molecule has 0 radical (unpaired) electrons. The van der Waals surface area contributed by atoms with Gasteiger partial charge in [0.05, 0.1) is 12.5 Å². The summed E-state index contributed by atoms with van der Waals surface area (Å²) in [7, 11) is 1.69. The van der Waals surface area contributed by atoms with Crippen molar-refractivity contribution in [1.29, 1.82) is 0 Å². The summed E-state index contributed by atoms with van der Waals surface area (Å²) in [6, 6.07) is 2.64. The largest absolute Gasteiger partial charge is 0.472 e. The van der Waals surface area contributed by atoms with E-state index in [9.17, 15) is 8.78 Å². The second-order valence-electron chi connectivity index (χ2n) is 4.54. The second kappa shape index (κ2) is 6.36. The van der Waals surface area contributed by atoms with Gasteiger partial charge in [-0.1, -0.05) is 6.92 Å². The first-order valence-corrected chi connectivity index (χ1v) is 6.44. The van der Waals surface area contributed by atoms with Crippen LogP contribution in [-0.4, -0.2) is 18.6 Å². The first-order chi connectivity index (χ1) is 9.61. The van der Waals surface area contributed by atoms with Crippen molar-refractivity contribution in [2.45, 2.75) is 19.9 Å². The monoisotopic (exact) mass is 281 g/mol. The average Bonchev–Trinajstić information content (AvgIpc) is 2.90. The van der Waals surface area contributed by atoms with Crippen molar-refractivity contribution in [2.75, 3.05) is 23.8 Å². The highest BCUT2D eigenvalue weighted by molar-refractivity contribution is 5.49. The molecule has 20 heavy (non-hydrogen) atoms. The number of pyridine rings is 1. The molecule has 0 atom stereocenters. The van der Waals surface area contributed by atoms with E-state index >= 15 is 0 Å². The summed E-state index contributed by atoms with van der Waals surface area (Å²) in [6.45, 7) is 2.97. The molecule has 0 bridgehead atoms. The van der Waals surface area contributed by atoms with E-state index in [1.165, 1.54) is 0 Å². The SMILES string of the molecule is CCCNc1nc(N(C)Cc2ccoc2)c(F)cc1F. The van der Waals surface area contributed by atoms with Gasteiger partial charge in [-0.05, 0) is 12.5 Å². The maximum atomic E-state index is 13.8. The van der Waals surface area contributed by atoms with Gasteiger partial charge >= 0.3 is 0 Å². The van der Waals surface area contributed by atoms with Gasteiger partial charge in [0.2, 0.25) is 0 Å². The zero-order valence-corrected chi connectivity index (χ0v) is 11.5. The zero-order chi connectivity index (χ0) is 14.5. The molecule has 0 aliphatic heterocycles. The van der Waals surface area contributed by atoms with Gasteiger partial charge in [0.1, 0.15) is 0 Å². The van der Waals surface area contributed by atoms with E-state index in [1.54, 1.807) is 30.5 Å². The Hall–Kier alpha value is -2.11. The molecule has 2 aromatic rings. The molecular formula is C14H17F2N3O. The van der Waals surface area contributed by atoms with Crippen LogP contribution in [0.2, 0.25) is 0 Å². The van der Waals surface area contributed by atoms with E-state index in [1.807, 2.05) is 6.92 Å². The number of anilines is 2. The molecule has 108 valence electrons. The van der Waals surface area contributed by atoms with E-state index < -0.39 is 11.6 Å². The molecule has 0 saturated heterocycles. The molecule has 2 aromatic heterocycles. The van der Waals surface area contributed by atoms with Crippen LogP contribution in [0.25, 0.3) is 0 Å². The van der Waals surface area contributed by atoms with Gasteiger partial charge in [-0.2, -0.15) is 0 Å². The number of aromatic nitrogens is 1. The molecule has 0 spiro atoms. The first kappa shape index (κ1) is 14.3. The number of hydrogen-bond acceptors (Lipinski definition) is 4. The Balaban J connectivity index is 2.21. The van der Waals surface area contributed by atoms with Crippen molar-refractivity contribution in [2.24, 2.45) is 0 Å². The topological polar surface area (TPSA) is 41.3 Å².